The Kier molecular flexibility index (Phi) is 6.46. The highest BCUT2D eigenvalue weighted by molar-refractivity contribution is 7.80. The van der Waals surface area contributed by atoms with Gasteiger partial charge in [0.15, 0.2) is 27.6 Å². The van der Waals surface area contributed by atoms with Gasteiger partial charge in [0.25, 0.3) is 0 Å². The van der Waals surface area contributed by atoms with Gasteiger partial charge in [-0.2, -0.15) is 0 Å². The number of anilines is 4. The van der Waals surface area contributed by atoms with Gasteiger partial charge in [-0.3, -0.25) is 0 Å². The van der Waals surface area contributed by atoms with Crippen LogP contribution in [0.25, 0.3) is 0 Å². The number of methoxy groups -OCH3 is 2. The maximum absolute atomic E-state index is 5.73. The molecule has 7 nitrogen and oxygen atoms in total. The van der Waals surface area contributed by atoms with E-state index in [0.717, 1.165) is 17.1 Å². The molecular weight excluding hydrogens is 398 g/mol. The maximum Gasteiger partial charge on any atom is 0.175 e. The van der Waals surface area contributed by atoms with Crippen LogP contribution in [0.5, 0.6) is 11.5 Å². The van der Waals surface area contributed by atoms with Gasteiger partial charge >= 0.3 is 0 Å². The van der Waals surface area contributed by atoms with E-state index in [-0.39, 0.29) is 0 Å². The van der Waals surface area contributed by atoms with Crippen LogP contribution in [-0.4, -0.2) is 29.5 Å². The number of hydrogen-bond donors (Lipinski definition) is 3. The lowest BCUT2D eigenvalue weighted by atomic mass is 10.2. The number of halogens is 1. The molecule has 3 aromatic rings. The highest BCUT2D eigenvalue weighted by Crippen LogP contribution is 2.29. The minimum absolute atomic E-state index is 0.348. The SMILES string of the molecule is COc1ccc(NC(=S)Nc2ccc(Nc3ccc(Cl)nn3)cc2)cc1OC. The van der Waals surface area contributed by atoms with E-state index in [0.29, 0.717) is 27.6 Å². The third-order valence-electron chi connectivity index (χ3n) is 3.69. The van der Waals surface area contributed by atoms with Crippen LogP contribution in [0.4, 0.5) is 22.9 Å². The van der Waals surface area contributed by atoms with Crippen LogP contribution in [0.15, 0.2) is 54.6 Å². The maximum atomic E-state index is 5.73. The molecule has 0 bridgehead atoms. The second-order valence-electron chi connectivity index (χ2n) is 5.59. The van der Waals surface area contributed by atoms with Gasteiger partial charge in [-0.1, -0.05) is 11.6 Å². The van der Waals surface area contributed by atoms with Gasteiger partial charge in [-0.15, -0.1) is 10.2 Å². The summed E-state index contributed by atoms with van der Waals surface area (Å²) in [6, 6.07) is 16.5. The monoisotopic (exact) mass is 415 g/mol. The number of thiocarbonyl (C=S) groups is 1. The zero-order chi connectivity index (χ0) is 19.9. The molecule has 0 aliphatic rings. The molecule has 3 rings (SSSR count). The molecule has 0 amide bonds. The molecule has 0 radical (unpaired) electrons. The van der Waals surface area contributed by atoms with E-state index in [4.69, 9.17) is 33.3 Å². The van der Waals surface area contributed by atoms with E-state index in [2.05, 4.69) is 26.1 Å². The van der Waals surface area contributed by atoms with Crippen molar-refractivity contribution in [2.45, 2.75) is 0 Å². The number of nitrogens with zero attached hydrogens (tertiary/aromatic N) is 2. The predicted molar refractivity (Wildman–Crippen MR) is 116 cm³/mol. The van der Waals surface area contributed by atoms with Crippen molar-refractivity contribution in [1.29, 1.82) is 0 Å². The summed E-state index contributed by atoms with van der Waals surface area (Å²) in [7, 11) is 3.18. The molecule has 28 heavy (non-hydrogen) atoms. The van der Waals surface area contributed by atoms with Gasteiger partial charge in [-0.25, -0.2) is 0 Å². The molecule has 2 aromatic carbocycles. The fourth-order valence-corrected chi connectivity index (χ4v) is 2.71. The summed E-state index contributed by atoms with van der Waals surface area (Å²) in [4.78, 5) is 0. The summed E-state index contributed by atoms with van der Waals surface area (Å²) in [6.07, 6.45) is 0. The van der Waals surface area contributed by atoms with Crippen molar-refractivity contribution in [2.75, 3.05) is 30.2 Å². The molecule has 0 saturated heterocycles. The molecule has 3 N–H and O–H groups in total. The van der Waals surface area contributed by atoms with Crippen molar-refractivity contribution in [1.82, 2.24) is 10.2 Å². The van der Waals surface area contributed by atoms with E-state index < -0.39 is 0 Å². The lowest BCUT2D eigenvalue weighted by molar-refractivity contribution is 0.355. The molecule has 0 saturated carbocycles. The topological polar surface area (TPSA) is 80.3 Å². The molecule has 0 aliphatic carbocycles. The summed E-state index contributed by atoms with van der Waals surface area (Å²) in [6.45, 7) is 0. The van der Waals surface area contributed by atoms with E-state index >= 15 is 0 Å². The molecule has 1 heterocycles. The third kappa shape index (κ3) is 5.21. The summed E-state index contributed by atoms with van der Waals surface area (Å²) in [5, 5.41) is 17.9. The second-order valence-corrected chi connectivity index (χ2v) is 6.39. The van der Waals surface area contributed by atoms with Crippen molar-refractivity contribution < 1.29 is 9.47 Å². The van der Waals surface area contributed by atoms with E-state index in [1.807, 2.05) is 42.5 Å². The van der Waals surface area contributed by atoms with Crippen LogP contribution < -0.4 is 25.4 Å². The first kappa shape index (κ1) is 19.7. The Morgan fingerprint density at radius 2 is 1.46 bits per heavy atom. The Bertz CT molecular complexity index is 952. The number of benzene rings is 2. The number of hydrogen-bond acceptors (Lipinski definition) is 6. The van der Waals surface area contributed by atoms with Crippen molar-refractivity contribution in [2.24, 2.45) is 0 Å². The van der Waals surface area contributed by atoms with Gasteiger partial charge in [-0.05, 0) is 60.7 Å². The lowest BCUT2D eigenvalue weighted by Gasteiger charge is -2.13. The number of aromatic nitrogens is 2. The summed E-state index contributed by atoms with van der Waals surface area (Å²) < 4.78 is 10.5. The van der Waals surface area contributed by atoms with Crippen molar-refractivity contribution in [3.05, 3.63) is 59.8 Å². The second kappa shape index (κ2) is 9.20. The smallest absolute Gasteiger partial charge is 0.175 e. The van der Waals surface area contributed by atoms with Gasteiger partial charge in [0.2, 0.25) is 0 Å². The van der Waals surface area contributed by atoms with Gasteiger partial charge in [0.05, 0.1) is 14.2 Å². The van der Waals surface area contributed by atoms with Crippen LogP contribution in [0.2, 0.25) is 5.15 Å². The fraction of sp³-hybridized carbons (Fsp3) is 0.105. The molecule has 0 unspecified atom stereocenters. The minimum Gasteiger partial charge on any atom is -0.493 e. The Balaban J connectivity index is 1.59. The highest BCUT2D eigenvalue weighted by atomic mass is 35.5. The average Bonchev–Trinajstić information content (AvgIpc) is 2.71. The Morgan fingerprint density at radius 3 is 2.11 bits per heavy atom. The Morgan fingerprint density at radius 1 is 0.821 bits per heavy atom. The summed E-state index contributed by atoms with van der Waals surface area (Å²) >= 11 is 11.1. The van der Waals surface area contributed by atoms with Crippen molar-refractivity contribution in [3.63, 3.8) is 0 Å². The molecule has 0 fully saturated rings. The first-order chi connectivity index (χ1) is 13.6. The minimum atomic E-state index is 0.348. The third-order valence-corrected chi connectivity index (χ3v) is 4.09. The standard InChI is InChI=1S/C19H18ClN5O2S/c1-26-15-8-7-14(11-16(15)27-2)23-19(28)22-13-5-3-12(4-6-13)21-18-10-9-17(20)24-25-18/h3-11H,1-2H3,(H,21,25)(H2,22,23,28). The van der Waals surface area contributed by atoms with Gasteiger partial charge in [0.1, 0.15) is 0 Å². The van der Waals surface area contributed by atoms with Gasteiger partial charge < -0.3 is 25.4 Å². The van der Waals surface area contributed by atoms with Crippen LogP contribution in [0.3, 0.4) is 0 Å². The highest BCUT2D eigenvalue weighted by Gasteiger charge is 2.06. The first-order valence-electron chi connectivity index (χ1n) is 8.24. The van der Waals surface area contributed by atoms with E-state index in [1.54, 1.807) is 26.4 Å². The van der Waals surface area contributed by atoms with Crippen molar-refractivity contribution in [3.8, 4) is 11.5 Å². The van der Waals surface area contributed by atoms with Crippen LogP contribution in [0, 0.1) is 0 Å². The Hall–Kier alpha value is -3.10. The molecule has 0 aliphatic heterocycles. The number of rotatable bonds is 6. The molecular formula is C19H18ClN5O2S. The number of ether oxygens (including phenoxy) is 2. The number of nitrogens with one attached hydrogen (secondary N) is 3. The van der Waals surface area contributed by atoms with E-state index in [1.165, 1.54) is 0 Å². The van der Waals surface area contributed by atoms with Crippen LogP contribution >= 0.6 is 23.8 Å². The fourth-order valence-electron chi connectivity index (χ4n) is 2.37. The first-order valence-corrected chi connectivity index (χ1v) is 9.02. The lowest BCUT2D eigenvalue weighted by Crippen LogP contribution is -2.19. The van der Waals surface area contributed by atoms with Crippen molar-refractivity contribution >= 4 is 51.8 Å². The molecule has 9 heteroatoms. The zero-order valence-electron chi connectivity index (χ0n) is 15.2. The molecule has 0 spiro atoms. The summed E-state index contributed by atoms with van der Waals surface area (Å²) in [5.41, 5.74) is 2.49. The Labute approximate surface area is 173 Å². The van der Waals surface area contributed by atoms with Gasteiger partial charge in [0, 0.05) is 23.1 Å². The molecule has 144 valence electrons. The van der Waals surface area contributed by atoms with E-state index in [9.17, 15) is 0 Å². The normalized spacial score (nSPS) is 10.1. The van der Waals surface area contributed by atoms with Crippen LogP contribution in [-0.2, 0) is 0 Å². The quantitative estimate of drug-likeness (QED) is 0.500. The molecule has 1 aromatic heterocycles. The molecule has 0 atom stereocenters. The zero-order valence-corrected chi connectivity index (χ0v) is 16.8. The van der Waals surface area contributed by atoms with Crippen LogP contribution in [0.1, 0.15) is 0 Å². The summed E-state index contributed by atoms with van der Waals surface area (Å²) in [5.74, 6) is 1.88. The largest absolute Gasteiger partial charge is 0.493 e. The average molecular weight is 416 g/mol. The predicted octanol–water partition coefficient (Wildman–Crippen LogP) is 4.70.